The van der Waals surface area contributed by atoms with Crippen molar-refractivity contribution in [1.82, 2.24) is 4.90 Å². The Labute approximate surface area is 131 Å². The molecule has 0 bridgehead atoms. The topological polar surface area (TPSA) is 43.3 Å². The molecule has 5 nitrogen and oxygen atoms in total. The molecule has 2 heterocycles. The maximum absolute atomic E-state index is 5.90. The van der Waals surface area contributed by atoms with E-state index in [1.165, 1.54) is 11.3 Å². The fourth-order valence-corrected chi connectivity index (χ4v) is 3.03. The minimum atomic E-state index is 0.185. The first-order valence-electron chi connectivity index (χ1n) is 8.02. The number of methoxy groups -OCH3 is 1. The molecule has 0 saturated carbocycles. The number of benzene rings is 1. The third kappa shape index (κ3) is 3.35. The lowest BCUT2D eigenvalue weighted by atomic mass is 10.1. The van der Waals surface area contributed by atoms with Crippen LogP contribution in [0.25, 0.3) is 0 Å². The number of ether oxygens (including phenoxy) is 2. The molecule has 1 atom stereocenters. The third-order valence-electron chi connectivity index (χ3n) is 4.20. The maximum Gasteiger partial charge on any atom is 0.165 e. The monoisotopic (exact) mass is 304 g/mol. The van der Waals surface area contributed by atoms with E-state index in [1.54, 1.807) is 7.11 Å². The number of para-hydroxylation sites is 1. The van der Waals surface area contributed by atoms with Gasteiger partial charge in [0.1, 0.15) is 6.10 Å². The lowest BCUT2D eigenvalue weighted by molar-refractivity contribution is 0.0468. The Morgan fingerprint density at radius 1 is 1.41 bits per heavy atom. The fraction of sp³-hybridized carbons (Fsp3) is 0.588. The third-order valence-corrected chi connectivity index (χ3v) is 4.20. The summed E-state index contributed by atoms with van der Waals surface area (Å²) in [6.07, 6.45) is 3.12. The summed E-state index contributed by atoms with van der Waals surface area (Å²) < 4.78 is 11.3. The molecule has 0 amide bonds. The van der Waals surface area contributed by atoms with Crippen LogP contribution in [0.5, 0.6) is 11.5 Å². The van der Waals surface area contributed by atoms with Gasteiger partial charge >= 0.3 is 0 Å². The van der Waals surface area contributed by atoms with Crippen molar-refractivity contribution >= 4 is 5.71 Å². The maximum atomic E-state index is 5.90. The van der Waals surface area contributed by atoms with Crippen molar-refractivity contribution in [2.45, 2.75) is 38.8 Å². The summed E-state index contributed by atoms with van der Waals surface area (Å²) in [5.74, 6) is 1.70. The smallest absolute Gasteiger partial charge is 0.165 e. The minimum absolute atomic E-state index is 0.185. The molecular formula is C17H24N2O3. The lowest BCUT2D eigenvalue weighted by Crippen LogP contribution is -2.34. The molecule has 0 radical (unpaired) electrons. The van der Waals surface area contributed by atoms with E-state index in [0.717, 1.165) is 50.4 Å². The van der Waals surface area contributed by atoms with Gasteiger partial charge in [-0.2, -0.15) is 0 Å². The van der Waals surface area contributed by atoms with Gasteiger partial charge in [-0.1, -0.05) is 24.2 Å². The highest BCUT2D eigenvalue weighted by Crippen LogP contribution is 2.33. The van der Waals surface area contributed by atoms with Gasteiger partial charge in [0, 0.05) is 31.6 Å². The Morgan fingerprint density at radius 3 is 3.09 bits per heavy atom. The summed E-state index contributed by atoms with van der Waals surface area (Å²) in [7, 11) is 1.69. The normalized spacial score (nSPS) is 21.9. The Bertz CT molecular complexity index is 545. The fourth-order valence-electron chi connectivity index (χ4n) is 3.03. The van der Waals surface area contributed by atoms with E-state index in [2.05, 4.69) is 23.0 Å². The predicted octanol–water partition coefficient (Wildman–Crippen LogP) is 2.83. The van der Waals surface area contributed by atoms with Crippen molar-refractivity contribution in [2.24, 2.45) is 5.16 Å². The van der Waals surface area contributed by atoms with Crippen LogP contribution in [-0.4, -0.2) is 43.5 Å². The lowest BCUT2D eigenvalue weighted by Gasteiger charge is -2.28. The van der Waals surface area contributed by atoms with Gasteiger partial charge in [0.2, 0.25) is 0 Å². The Hall–Kier alpha value is -1.75. The molecule has 0 fully saturated rings. The molecule has 3 rings (SSSR count). The highest BCUT2D eigenvalue weighted by atomic mass is 16.6. The second kappa shape index (κ2) is 7.01. The summed E-state index contributed by atoms with van der Waals surface area (Å²) in [5, 5.41) is 4.16. The van der Waals surface area contributed by atoms with Gasteiger partial charge in [0.05, 0.1) is 19.4 Å². The van der Waals surface area contributed by atoms with Gasteiger partial charge in [-0.05, 0) is 18.9 Å². The summed E-state index contributed by atoms with van der Waals surface area (Å²) in [4.78, 5) is 7.98. The van der Waals surface area contributed by atoms with Crippen LogP contribution in [0.2, 0.25) is 0 Å². The van der Waals surface area contributed by atoms with Crippen LogP contribution >= 0.6 is 0 Å². The molecule has 0 spiro atoms. The molecule has 0 aliphatic carbocycles. The van der Waals surface area contributed by atoms with Gasteiger partial charge in [0.15, 0.2) is 11.5 Å². The van der Waals surface area contributed by atoms with Crippen LogP contribution in [0, 0.1) is 0 Å². The molecular weight excluding hydrogens is 280 g/mol. The molecule has 2 aliphatic rings. The second-order valence-electron chi connectivity index (χ2n) is 5.83. The van der Waals surface area contributed by atoms with Crippen molar-refractivity contribution < 1.29 is 14.3 Å². The van der Waals surface area contributed by atoms with Gasteiger partial charge in [-0.15, -0.1) is 0 Å². The first-order valence-corrected chi connectivity index (χ1v) is 8.02. The molecule has 0 aromatic heterocycles. The molecule has 1 aromatic rings. The second-order valence-corrected chi connectivity index (χ2v) is 5.83. The number of fused-ring (bicyclic) bond motifs is 1. The first kappa shape index (κ1) is 15.2. The van der Waals surface area contributed by atoms with Crippen molar-refractivity contribution in [3.63, 3.8) is 0 Å². The van der Waals surface area contributed by atoms with Crippen LogP contribution in [-0.2, 0) is 11.4 Å². The standard InChI is InChI=1S/C17H24N2O3/c1-3-14-10-15(22-18-14)12-19-8-5-9-21-17-13(11-19)6-4-7-16(17)20-2/h4,6-7,15H,3,5,8-12H2,1-2H3. The van der Waals surface area contributed by atoms with E-state index >= 15 is 0 Å². The van der Waals surface area contributed by atoms with E-state index in [0.29, 0.717) is 6.61 Å². The van der Waals surface area contributed by atoms with E-state index in [9.17, 15) is 0 Å². The van der Waals surface area contributed by atoms with Crippen LogP contribution in [0.1, 0.15) is 31.7 Å². The molecule has 1 aromatic carbocycles. The van der Waals surface area contributed by atoms with Crippen LogP contribution in [0.3, 0.4) is 0 Å². The van der Waals surface area contributed by atoms with E-state index in [4.69, 9.17) is 14.3 Å². The summed E-state index contributed by atoms with van der Waals surface area (Å²) in [6, 6.07) is 6.08. The van der Waals surface area contributed by atoms with E-state index < -0.39 is 0 Å². The molecule has 2 aliphatic heterocycles. The number of hydrogen-bond donors (Lipinski definition) is 0. The minimum Gasteiger partial charge on any atom is -0.493 e. The van der Waals surface area contributed by atoms with Gasteiger partial charge in [0.25, 0.3) is 0 Å². The van der Waals surface area contributed by atoms with E-state index in [-0.39, 0.29) is 6.10 Å². The molecule has 5 heteroatoms. The summed E-state index contributed by atoms with van der Waals surface area (Å²) in [6.45, 7) is 5.61. The average Bonchev–Trinajstić information content (AvgIpc) is 2.97. The Morgan fingerprint density at radius 2 is 2.32 bits per heavy atom. The van der Waals surface area contributed by atoms with Gasteiger partial charge in [-0.25, -0.2) is 0 Å². The zero-order chi connectivity index (χ0) is 15.4. The van der Waals surface area contributed by atoms with Crippen LogP contribution in [0.15, 0.2) is 23.4 Å². The number of rotatable bonds is 4. The highest BCUT2D eigenvalue weighted by molar-refractivity contribution is 5.85. The highest BCUT2D eigenvalue weighted by Gasteiger charge is 2.24. The van der Waals surface area contributed by atoms with Gasteiger partial charge in [-0.3, -0.25) is 4.90 Å². The Kier molecular flexibility index (Phi) is 4.83. The molecule has 1 unspecified atom stereocenters. The van der Waals surface area contributed by atoms with Crippen molar-refractivity contribution in [1.29, 1.82) is 0 Å². The number of hydrogen-bond acceptors (Lipinski definition) is 5. The molecule has 0 N–H and O–H groups in total. The van der Waals surface area contributed by atoms with Crippen molar-refractivity contribution in [3.8, 4) is 11.5 Å². The largest absolute Gasteiger partial charge is 0.493 e. The predicted molar refractivity (Wildman–Crippen MR) is 85.6 cm³/mol. The van der Waals surface area contributed by atoms with Crippen LogP contribution < -0.4 is 9.47 Å². The number of oxime groups is 1. The summed E-state index contributed by atoms with van der Waals surface area (Å²) in [5.41, 5.74) is 2.34. The van der Waals surface area contributed by atoms with Crippen LogP contribution in [0.4, 0.5) is 0 Å². The van der Waals surface area contributed by atoms with Crippen molar-refractivity contribution in [3.05, 3.63) is 23.8 Å². The average molecular weight is 304 g/mol. The van der Waals surface area contributed by atoms with E-state index in [1.807, 2.05) is 12.1 Å². The molecule has 0 saturated heterocycles. The summed E-state index contributed by atoms with van der Waals surface area (Å²) >= 11 is 0. The number of nitrogens with zero attached hydrogens (tertiary/aromatic N) is 2. The first-order chi connectivity index (χ1) is 10.8. The van der Waals surface area contributed by atoms with Crippen molar-refractivity contribution in [2.75, 3.05) is 26.8 Å². The SMILES string of the molecule is CCC1=NOC(CN2CCCOc3c(cccc3OC)C2)C1. The molecule has 22 heavy (non-hydrogen) atoms. The zero-order valence-electron chi connectivity index (χ0n) is 13.4. The Balaban J connectivity index is 1.69. The van der Waals surface area contributed by atoms with Gasteiger partial charge < -0.3 is 14.3 Å². The zero-order valence-corrected chi connectivity index (χ0v) is 13.4. The molecule has 120 valence electrons. The quantitative estimate of drug-likeness (QED) is 0.858.